The number of nitrogens with one attached hydrogen (secondary N) is 3. The summed E-state index contributed by atoms with van der Waals surface area (Å²) in [6.07, 6.45) is 5.04. The largest absolute Gasteiger partial charge is 0.372 e. The molecule has 1 aromatic carbocycles. The van der Waals surface area contributed by atoms with Crippen LogP contribution in [0.3, 0.4) is 0 Å². The van der Waals surface area contributed by atoms with Gasteiger partial charge in [-0.05, 0) is 57.7 Å². The second-order valence-electron chi connectivity index (χ2n) is 6.58. The number of anilines is 1. The van der Waals surface area contributed by atoms with Crippen molar-refractivity contribution in [2.24, 2.45) is 4.99 Å². The van der Waals surface area contributed by atoms with Crippen molar-refractivity contribution in [3.05, 3.63) is 47.8 Å². The second kappa shape index (κ2) is 14.3. The van der Waals surface area contributed by atoms with Gasteiger partial charge in [0.15, 0.2) is 5.96 Å². The van der Waals surface area contributed by atoms with Gasteiger partial charge >= 0.3 is 0 Å². The molecule has 1 heterocycles. The third kappa shape index (κ3) is 8.50. The molecule has 3 N–H and O–H groups in total. The van der Waals surface area contributed by atoms with Crippen LogP contribution in [0.4, 0.5) is 5.69 Å². The highest BCUT2D eigenvalue weighted by Gasteiger charge is 2.04. The Balaban J connectivity index is 0.00000392. The van der Waals surface area contributed by atoms with E-state index >= 15 is 0 Å². The van der Waals surface area contributed by atoms with Crippen molar-refractivity contribution >= 4 is 35.6 Å². The molecular formula is C21H35IN6. The molecule has 0 aliphatic rings. The third-order valence-corrected chi connectivity index (χ3v) is 4.55. The van der Waals surface area contributed by atoms with Crippen molar-refractivity contribution < 1.29 is 0 Å². The first-order valence-electron chi connectivity index (χ1n) is 10.1. The lowest BCUT2D eigenvalue weighted by atomic mass is 10.1. The Bertz CT molecular complexity index is 671. The lowest BCUT2D eigenvalue weighted by Gasteiger charge is -2.22. The first-order valence-corrected chi connectivity index (χ1v) is 10.1. The van der Waals surface area contributed by atoms with Crippen LogP contribution in [0.5, 0.6) is 0 Å². The number of benzene rings is 1. The van der Waals surface area contributed by atoms with Gasteiger partial charge in [-0.3, -0.25) is 10.1 Å². The quantitative estimate of drug-likeness (QED) is 0.191. The van der Waals surface area contributed by atoms with Crippen LogP contribution in [0.15, 0.2) is 41.5 Å². The Morgan fingerprint density at radius 3 is 2.57 bits per heavy atom. The fourth-order valence-electron chi connectivity index (χ4n) is 3.02. The van der Waals surface area contributed by atoms with E-state index in [9.17, 15) is 0 Å². The molecule has 2 rings (SSSR count). The SMILES string of the molecule is CCNC(=NCCCN(CC)c1ccccc1)NCCCc1cn[nH]c1C.I. The zero-order valence-corrected chi connectivity index (χ0v) is 19.7. The molecule has 0 aliphatic heterocycles. The summed E-state index contributed by atoms with van der Waals surface area (Å²) < 4.78 is 0. The number of nitrogens with zero attached hydrogens (tertiary/aromatic N) is 3. The fraction of sp³-hybridized carbons (Fsp3) is 0.524. The molecule has 28 heavy (non-hydrogen) atoms. The van der Waals surface area contributed by atoms with Gasteiger partial charge in [-0.1, -0.05) is 18.2 Å². The third-order valence-electron chi connectivity index (χ3n) is 4.55. The Hall–Kier alpha value is -1.77. The van der Waals surface area contributed by atoms with E-state index in [1.54, 1.807) is 0 Å². The van der Waals surface area contributed by atoms with E-state index in [-0.39, 0.29) is 24.0 Å². The number of halogens is 1. The second-order valence-corrected chi connectivity index (χ2v) is 6.58. The van der Waals surface area contributed by atoms with Crippen LogP contribution < -0.4 is 15.5 Å². The van der Waals surface area contributed by atoms with E-state index < -0.39 is 0 Å². The Labute approximate surface area is 186 Å². The maximum Gasteiger partial charge on any atom is 0.191 e. The predicted octanol–water partition coefficient (Wildman–Crippen LogP) is 3.74. The molecule has 2 aromatic rings. The molecule has 0 atom stereocenters. The average molecular weight is 498 g/mol. The lowest BCUT2D eigenvalue weighted by Crippen LogP contribution is -2.38. The van der Waals surface area contributed by atoms with Crippen LogP contribution in [-0.4, -0.2) is 48.9 Å². The summed E-state index contributed by atoms with van der Waals surface area (Å²) in [4.78, 5) is 7.11. The molecule has 0 amide bonds. The number of aromatic amines is 1. The summed E-state index contributed by atoms with van der Waals surface area (Å²) in [6, 6.07) is 10.6. The summed E-state index contributed by atoms with van der Waals surface area (Å²) in [5.74, 6) is 0.907. The number of guanidine groups is 1. The van der Waals surface area contributed by atoms with Crippen LogP contribution in [0.2, 0.25) is 0 Å². The Kier molecular flexibility index (Phi) is 12.4. The number of H-pyrrole nitrogens is 1. The summed E-state index contributed by atoms with van der Waals surface area (Å²) in [5.41, 5.74) is 3.73. The molecular weight excluding hydrogens is 463 g/mol. The molecule has 6 nitrogen and oxygen atoms in total. The van der Waals surface area contributed by atoms with Crippen LogP contribution in [0.1, 0.15) is 37.9 Å². The monoisotopic (exact) mass is 498 g/mol. The molecule has 0 saturated carbocycles. The van der Waals surface area contributed by atoms with E-state index in [0.717, 1.165) is 63.6 Å². The van der Waals surface area contributed by atoms with Gasteiger partial charge < -0.3 is 15.5 Å². The number of rotatable bonds is 11. The zero-order chi connectivity index (χ0) is 19.3. The van der Waals surface area contributed by atoms with Gasteiger partial charge in [-0.2, -0.15) is 5.10 Å². The number of aliphatic imine (C=N–C) groups is 1. The van der Waals surface area contributed by atoms with E-state index in [1.807, 2.05) is 6.20 Å². The molecule has 0 saturated heterocycles. The zero-order valence-electron chi connectivity index (χ0n) is 17.4. The number of aryl methyl sites for hydroxylation is 2. The summed E-state index contributed by atoms with van der Waals surface area (Å²) in [7, 11) is 0. The van der Waals surface area contributed by atoms with Crippen molar-refractivity contribution in [1.29, 1.82) is 0 Å². The number of hydrogen-bond acceptors (Lipinski definition) is 3. The normalized spacial score (nSPS) is 11.0. The van der Waals surface area contributed by atoms with Gasteiger partial charge in [0.25, 0.3) is 0 Å². The summed E-state index contributed by atoms with van der Waals surface area (Å²) >= 11 is 0. The molecule has 0 radical (unpaired) electrons. The van der Waals surface area contributed by atoms with Crippen molar-refractivity contribution in [2.45, 2.75) is 40.0 Å². The molecule has 0 bridgehead atoms. The lowest BCUT2D eigenvalue weighted by molar-refractivity contribution is 0.725. The highest BCUT2D eigenvalue weighted by Crippen LogP contribution is 2.12. The van der Waals surface area contributed by atoms with Crippen molar-refractivity contribution in [2.75, 3.05) is 37.6 Å². The maximum atomic E-state index is 4.71. The van der Waals surface area contributed by atoms with Crippen LogP contribution in [-0.2, 0) is 6.42 Å². The fourth-order valence-corrected chi connectivity index (χ4v) is 3.02. The molecule has 0 spiro atoms. The van der Waals surface area contributed by atoms with Crippen LogP contribution in [0.25, 0.3) is 0 Å². The molecule has 0 fully saturated rings. The van der Waals surface area contributed by atoms with E-state index in [1.165, 1.54) is 11.3 Å². The minimum atomic E-state index is 0. The topological polar surface area (TPSA) is 68.3 Å². The summed E-state index contributed by atoms with van der Waals surface area (Å²) in [5, 5.41) is 13.8. The first-order chi connectivity index (χ1) is 13.2. The van der Waals surface area contributed by atoms with Crippen molar-refractivity contribution in [3.63, 3.8) is 0 Å². The standard InChI is InChI=1S/C21H34N6.HI/c1-4-22-21(23-14-9-11-19-17-25-26-18(19)3)24-15-10-16-27(5-2)20-12-7-6-8-13-20;/h6-8,12-13,17H,4-5,9-11,14-16H2,1-3H3,(H,25,26)(H2,22,23,24);1H. The molecule has 1 aromatic heterocycles. The van der Waals surface area contributed by atoms with E-state index in [0.29, 0.717) is 0 Å². The first kappa shape index (κ1) is 24.3. The van der Waals surface area contributed by atoms with Gasteiger partial charge in [-0.15, -0.1) is 24.0 Å². The Morgan fingerprint density at radius 1 is 1.14 bits per heavy atom. The van der Waals surface area contributed by atoms with E-state index in [2.05, 4.69) is 76.8 Å². The van der Waals surface area contributed by atoms with Gasteiger partial charge in [0.05, 0.1) is 6.20 Å². The molecule has 0 unspecified atom stereocenters. The minimum Gasteiger partial charge on any atom is -0.372 e. The predicted molar refractivity (Wildman–Crippen MR) is 130 cm³/mol. The molecule has 156 valence electrons. The Morgan fingerprint density at radius 2 is 1.93 bits per heavy atom. The maximum absolute atomic E-state index is 4.71. The van der Waals surface area contributed by atoms with Gasteiger partial charge in [0.1, 0.15) is 0 Å². The molecule has 7 heteroatoms. The van der Waals surface area contributed by atoms with Crippen molar-refractivity contribution in [1.82, 2.24) is 20.8 Å². The van der Waals surface area contributed by atoms with Gasteiger partial charge in [-0.25, -0.2) is 0 Å². The average Bonchev–Trinajstić information content (AvgIpc) is 3.10. The van der Waals surface area contributed by atoms with Crippen molar-refractivity contribution in [3.8, 4) is 0 Å². The number of hydrogen-bond donors (Lipinski definition) is 3. The van der Waals surface area contributed by atoms with Gasteiger partial charge in [0.2, 0.25) is 0 Å². The highest BCUT2D eigenvalue weighted by molar-refractivity contribution is 14.0. The van der Waals surface area contributed by atoms with Crippen LogP contribution in [0, 0.1) is 6.92 Å². The smallest absolute Gasteiger partial charge is 0.191 e. The minimum absolute atomic E-state index is 0. The summed E-state index contributed by atoms with van der Waals surface area (Å²) in [6.45, 7) is 11.0. The number of aromatic nitrogens is 2. The van der Waals surface area contributed by atoms with E-state index in [4.69, 9.17) is 4.99 Å². The molecule has 0 aliphatic carbocycles. The van der Waals surface area contributed by atoms with Crippen LogP contribution >= 0.6 is 24.0 Å². The number of para-hydroxylation sites is 1. The highest BCUT2D eigenvalue weighted by atomic mass is 127. The van der Waals surface area contributed by atoms with Gasteiger partial charge in [0, 0.05) is 44.1 Å².